The van der Waals surface area contributed by atoms with E-state index < -0.39 is 0 Å². The smallest absolute Gasteiger partial charge is 0.319 e. The molecule has 1 aliphatic heterocycles. The number of carbonyl (C=O) groups excluding carboxylic acids is 2. The third-order valence-electron chi connectivity index (χ3n) is 5.57. The van der Waals surface area contributed by atoms with E-state index in [1.54, 1.807) is 16.7 Å². The van der Waals surface area contributed by atoms with Crippen LogP contribution >= 0.6 is 11.8 Å². The molecule has 168 valence electrons. The molecule has 0 aromatic heterocycles. The number of carbonyl (C=O) groups is 2. The highest BCUT2D eigenvalue weighted by Crippen LogP contribution is 2.43. The molecule has 0 fully saturated rings. The number of amides is 3. The number of rotatable bonds is 5. The van der Waals surface area contributed by atoms with E-state index in [-0.39, 0.29) is 11.9 Å². The van der Waals surface area contributed by atoms with Gasteiger partial charge in [0.2, 0.25) is 0 Å². The first-order valence-corrected chi connectivity index (χ1v) is 11.8. The third-order valence-corrected chi connectivity index (χ3v) is 6.71. The number of hydrogen-bond donors (Lipinski definition) is 2. The number of urea groups is 1. The zero-order valence-electron chi connectivity index (χ0n) is 18.4. The summed E-state index contributed by atoms with van der Waals surface area (Å²) in [6, 6.07) is 32.7. The predicted molar refractivity (Wildman–Crippen MR) is 136 cm³/mol. The summed E-state index contributed by atoms with van der Waals surface area (Å²) < 4.78 is 0. The average Bonchev–Trinajstić information content (AvgIpc) is 2.99. The van der Waals surface area contributed by atoms with Crippen LogP contribution in [0.5, 0.6) is 0 Å². The number of fused-ring (bicyclic) bond motifs is 2. The number of hydrogen-bond acceptors (Lipinski definition) is 3. The first kappa shape index (κ1) is 21.8. The molecule has 3 amide bonds. The minimum atomic E-state index is -0.297. The van der Waals surface area contributed by atoms with Gasteiger partial charge in [-0.1, -0.05) is 84.6 Å². The molecule has 34 heavy (non-hydrogen) atoms. The monoisotopic (exact) mass is 465 g/mol. The molecule has 2 N–H and O–H groups in total. The Morgan fingerprint density at radius 2 is 1.44 bits per heavy atom. The molecule has 1 heterocycles. The van der Waals surface area contributed by atoms with Crippen LogP contribution in [0.2, 0.25) is 0 Å². The van der Waals surface area contributed by atoms with E-state index in [9.17, 15) is 9.59 Å². The van der Waals surface area contributed by atoms with Crippen molar-refractivity contribution < 1.29 is 9.59 Å². The minimum absolute atomic E-state index is 0.0589. The van der Waals surface area contributed by atoms with Crippen molar-refractivity contribution in [2.75, 3.05) is 10.2 Å². The second kappa shape index (κ2) is 9.85. The van der Waals surface area contributed by atoms with Crippen LogP contribution in [0, 0.1) is 0 Å². The highest BCUT2D eigenvalue weighted by atomic mass is 32.2. The molecule has 0 bridgehead atoms. The molecular weight excluding hydrogens is 442 g/mol. The first-order valence-electron chi connectivity index (χ1n) is 11.0. The summed E-state index contributed by atoms with van der Waals surface area (Å²) in [4.78, 5) is 29.8. The first-order chi connectivity index (χ1) is 16.7. The molecule has 0 unspecified atom stereocenters. The predicted octanol–water partition coefficient (Wildman–Crippen LogP) is 6.32. The number of anilines is 2. The third kappa shape index (κ3) is 4.82. The van der Waals surface area contributed by atoms with E-state index >= 15 is 0 Å². The summed E-state index contributed by atoms with van der Waals surface area (Å²) in [6.45, 7) is 0.868. The van der Waals surface area contributed by atoms with Gasteiger partial charge in [0.1, 0.15) is 0 Å². The number of nitrogens with one attached hydrogen (secondary N) is 2. The van der Waals surface area contributed by atoms with E-state index in [0.29, 0.717) is 24.3 Å². The molecule has 5 rings (SSSR count). The minimum Gasteiger partial charge on any atom is -0.334 e. The summed E-state index contributed by atoms with van der Waals surface area (Å²) in [6.07, 6.45) is 0. The zero-order valence-corrected chi connectivity index (χ0v) is 19.2. The summed E-state index contributed by atoms with van der Waals surface area (Å²) in [5.41, 5.74) is 4.13. The highest BCUT2D eigenvalue weighted by molar-refractivity contribution is 7.99. The van der Waals surface area contributed by atoms with Crippen LogP contribution in [0.25, 0.3) is 0 Å². The Hall–Kier alpha value is -4.03. The maximum atomic E-state index is 13.6. The SMILES string of the molecule is O=C(NCc1ccccc1)Nc1ccc2c(c1)N(Cc1ccccc1)C(=O)c1ccccc1S2. The van der Waals surface area contributed by atoms with Gasteiger partial charge in [-0.2, -0.15) is 0 Å². The molecule has 0 radical (unpaired) electrons. The van der Waals surface area contributed by atoms with Crippen molar-refractivity contribution in [3.63, 3.8) is 0 Å². The summed E-state index contributed by atoms with van der Waals surface area (Å²) in [7, 11) is 0. The van der Waals surface area contributed by atoms with Crippen molar-refractivity contribution in [3.05, 3.63) is 120 Å². The fourth-order valence-electron chi connectivity index (χ4n) is 3.87. The van der Waals surface area contributed by atoms with Crippen molar-refractivity contribution in [1.82, 2.24) is 5.32 Å². The zero-order chi connectivity index (χ0) is 23.3. The Labute approximate surface area is 202 Å². The van der Waals surface area contributed by atoms with E-state index in [1.807, 2.05) is 103 Å². The second-order valence-corrected chi connectivity index (χ2v) is 9.03. The molecule has 1 aliphatic rings. The Bertz CT molecular complexity index is 1330. The number of nitrogens with zero attached hydrogens (tertiary/aromatic N) is 1. The molecule has 4 aromatic rings. The van der Waals surface area contributed by atoms with Crippen molar-refractivity contribution in [2.24, 2.45) is 0 Å². The van der Waals surface area contributed by atoms with Gasteiger partial charge in [-0.3, -0.25) is 4.79 Å². The Morgan fingerprint density at radius 1 is 0.765 bits per heavy atom. The van der Waals surface area contributed by atoms with Gasteiger partial charge in [-0.15, -0.1) is 0 Å². The number of benzene rings is 4. The van der Waals surface area contributed by atoms with Crippen molar-refractivity contribution in [3.8, 4) is 0 Å². The van der Waals surface area contributed by atoms with Crippen molar-refractivity contribution in [2.45, 2.75) is 22.9 Å². The van der Waals surface area contributed by atoms with E-state index in [4.69, 9.17) is 0 Å². The van der Waals surface area contributed by atoms with Crippen LogP contribution < -0.4 is 15.5 Å². The average molecular weight is 466 g/mol. The Balaban J connectivity index is 1.43. The quantitative estimate of drug-likeness (QED) is 0.363. The van der Waals surface area contributed by atoms with E-state index in [2.05, 4.69) is 10.6 Å². The summed E-state index contributed by atoms with van der Waals surface area (Å²) in [5, 5.41) is 5.78. The lowest BCUT2D eigenvalue weighted by Crippen LogP contribution is -2.31. The van der Waals surface area contributed by atoms with Crippen LogP contribution in [0.3, 0.4) is 0 Å². The van der Waals surface area contributed by atoms with Gasteiger partial charge in [0.15, 0.2) is 0 Å². The Kier molecular flexibility index (Phi) is 6.31. The molecule has 6 heteroatoms. The molecule has 0 atom stereocenters. The van der Waals surface area contributed by atoms with Gasteiger partial charge < -0.3 is 15.5 Å². The summed E-state index contributed by atoms with van der Waals surface area (Å²) >= 11 is 1.57. The molecule has 4 aromatic carbocycles. The van der Waals surface area contributed by atoms with Gasteiger partial charge in [0.25, 0.3) is 5.91 Å². The maximum Gasteiger partial charge on any atom is 0.319 e. The molecule has 0 spiro atoms. The van der Waals surface area contributed by atoms with Crippen molar-refractivity contribution >= 4 is 35.1 Å². The highest BCUT2D eigenvalue weighted by Gasteiger charge is 2.27. The normalized spacial score (nSPS) is 12.4. The maximum absolute atomic E-state index is 13.6. The van der Waals surface area contributed by atoms with Crippen LogP contribution in [0.1, 0.15) is 21.5 Å². The molecule has 0 aliphatic carbocycles. The van der Waals surface area contributed by atoms with E-state index in [0.717, 1.165) is 26.6 Å². The molecule has 0 saturated carbocycles. The molecule has 0 saturated heterocycles. The second-order valence-electron chi connectivity index (χ2n) is 7.95. The van der Waals surface area contributed by atoms with Crippen LogP contribution in [0.15, 0.2) is 113 Å². The van der Waals surface area contributed by atoms with Gasteiger partial charge in [0.05, 0.1) is 17.8 Å². The fraction of sp³-hybridized carbons (Fsp3) is 0.0714. The van der Waals surface area contributed by atoms with E-state index in [1.165, 1.54) is 0 Å². The van der Waals surface area contributed by atoms with Crippen LogP contribution in [0.4, 0.5) is 16.2 Å². The lowest BCUT2D eigenvalue weighted by molar-refractivity contribution is 0.0982. The van der Waals surface area contributed by atoms with Gasteiger partial charge in [-0.05, 0) is 41.5 Å². The molecular formula is C28H23N3O2S. The largest absolute Gasteiger partial charge is 0.334 e. The van der Waals surface area contributed by atoms with Crippen LogP contribution in [-0.2, 0) is 13.1 Å². The Morgan fingerprint density at radius 3 is 2.21 bits per heavy atom. The van der Waals surface area contributed by atoms with Crippen LogP contribution in [-0.4, -0.2) is 11.9 Å². The van der Waals surface area contributed by atoms with Crippen molar-refractivity contribution in [1.29, 1.82) is 0 Å². The summed E-state index contributed by atoms with van der Waals surface area (Å²) in [5.74, 6) is -0.0589. The molecule has 5 nitrogen and oxygen atoms in total. The fourth-order valence-corrected chi connectivity index (χ4v) is 4.93. The topological polar surface area (TPSA) is 61.4 Å². The standard InChI is InChI=1S/C28H23N3O2S/c32-27-23-13-7-8-14-25(23)34-26-16-15-22(30-28(33)29-18-20-9-3-1-4-10-20)17-24(26)31(27)19-21-11-5-2-6-12-21/h1-17H,18-19H2,(H2,29,30,33). The lowest BCUT2D eigenvalue weighted by Gasteiger charge is -2.24. The lowest BCUT2D eigenvalue weighted by atomic mass is 10.1. The van der Waals surface area contributed by atoms with Gasteiger partial charge >= 0.3 is 6.03 Å². The van der Waals surface area contributed by atoms with Gasteiger partial charge in [0, 0.05) is 22.0 Å². The van der Waals surface area contributed by atoms with Gasteiger partial charge in [-0.25, -0.2) is 4.79 Å².